The van der Waals surface area contributed by atoms with Crippen LogP contribution in [0.5, 0.6) is 11.5 Å². The SMILES string of the molecule is COC(=O)C1CCCN1CCOc1ccc(N)cc1-c1ccnn1C.COC(=O)C1CCCN1CCOc1ccc([N+](=O)[O-])cc1-c1ccnn1C. The van der Waals surface area contributed by atoms with E-state index < -0.39 is 4.92 Å². The van der Waals surface area contributed by atoms with Crippen molar-refractivity contribution in [1.29, 1.82) is 0 Å². The molecule has 0 bridgehead atoms. The van der Waals surface area contributed by atoms with Gasteiger partial charge in [0.2, 0.25) is 0 Å². The Hall–Kier alpha value is -5.48. The molecule has 16 nitrogen and oxygen atoms in total. The fourth-order valence-electron chi connectivity index (χ4n) is 6.65. The van der Waals surface area contributed by atoms with Crippen LogP contribution in [0, 0.1) is 10.1 Å². The summed E-state index contributed by atoms with van der Waals surface area (Å²) >= 11 is 0. The molecule has 2 atom stereocenters. The Morgan fingerprint density at radius 1 is 0.788 bits per heavy atom. The van der Waals surface area contributed by atoms with Gasteiger partial charge in [-0.1, -0.05) is 0 Å². The van der Waals surface area contributed by atoms with E-state index in [2.05, 4.69) is 15.1 Å². The first-order chi connectivity index (χ1) is 25.1. The lowest BCUT2D eigenvalue weighted by atomic mass is 10.1. The third kappa shape index (κ3) is 9.05. The zero-order chi connectivity index (χ0) is 37.2. The summed E-state index contributed by atoms with van der Waals surface area (Å²) in [6.07, 6.45) is 6.94. The average molecular weight is 719 g/mol. The van der Waals surface area contributed by atoms with Gasteiger partial charge in [0.1, 0.15) is 36.8 Å². The molecule has 6 rings (SSSR count). The van der Waals surface area contributed by atoms with Crippen molar-refractivity contribution in [2.24, 2.45) is 14.1 Å². The van der Waals surface area contributed by atoms with Crippen molar-refractivity contribution in [3.05, 3.63) is 71.0 Å². The zero-order valence-corrected chi connectivity index (χ0v) is 30.0. The minimum atomic E-state index is -0.436. The van der Waals surface area contributed by atoms with Crippen molar-refractivity contribution < 1.29 is 33.5 Å². The van der Waals surface area contributed by atoms with Crippen molar-refractivity contribution in [1.82, 2.24) is 29.4 Å². The Kier molecular flexibility index (Phi) is 12.8. The average Bonchev–Trinajstić information content (AvgIpc) is 3.97. The molecule has 0 saturated carbocycles. The number of hydrogen-bond donors (Lipinski definition) is 1. The number of carbonyl (C=O) groups excluding carboxylic acids is 2. The number of esters is 2. The number of hydrogen-bond acceptors (Lipinski definition) is 13. The third-order valence-electron chi connectivity index (χ3n) is 9.32. The largest absolute Gasteiger partial charge is 0.492 e. The minimum Gasteiger partial charge on any atom is -0.492 e. The van der Waals surface area contributed by atoms with Crippen LogP contribution in [0.25, 0.3) is 22.5 Å². The normalized spacial score (nSPS) is 17.3. The van der Waals surface area contributed by atoms with E-state index in [1.54, 1.807) is 40.9 Å². The second-order valence-electron chi connectivity index (χ2n) is 12.5. The molecule has 0 spiro atoms. The highest BCUT2D eigenvalue weighted by Crippen LogP contribution is 2.34. The molecule has 2 fully saturated rings. The van der Waals surface area contributed by atoms with Crippen LogP contribution in [0.15, 0.2) is 60.9 Å². The number of nitro benzene ring substituents is 1. The summed E-state index contributed by atoms with van der Waals surface area (Å²) < 4.78 is 25.1. The van der Waals surface area contributed by atoms with Crippen molar-refractivity contribution in [3.8, 4) is 34.0 Å². The van der Waals surface area contributed by atoms with Gasteiger partial charge in [0.05, 0.1) is 30.5 Å². The zero-order valence-electron chi connectivity index (χ0n) is 30.0. The van der Waals surface area contributed by atoms with Crippen LogP contribution in [0.1, 0.15) is 25.7 Å². The highest BCUT2D eigenvalue weighted by atomic mass is 16.6. The molecule has 2 unspecified atom stereocenters. The second-order valence-corrected chi connectivity index (χ2v) is 12.5. The molecule has 4 heterocycles. The van der Waals surface area contributed by atoms with Gasteiger partial charge in [0.25, 0.3) is 5.69 Å². The molecule has 2 aliphatic rings. The first-order valence-electron chi connectivity index (χ1n) is 17.1. The van der Waals surface area contributed by atoms with Gasteiger partial charge in [-0.3, -0.25) is 38.9 Å². The van der Waals surface area contributed by atoms with Crippen LogP contribution in [-0.4, -0.2) is 112 Å². The molecular formula is C36H46N8O8. The highest BCUT2D eigenvalue weighted by Gasteiger charge is 2.32. The summed E-state index contributed by atoms with van der Waals surface area (Å²) in [6, 6.07) is 13.4. The molecule has 2 saturated heterocycles. The third-order valence-corrected chi connectivity index (χ3v) is 9.32. The highest BCUT2D eigenvalue weighted by molar-refractivity contribution is 5.76. The number of nitrogens with two attached hydrogens (primary N) is 1. The lowest BCUT2D eigenvalue weighted by Gasteiger charge is -2.22. The van der Waals surface area contributed by atoms with E-state index in [-0.39, 0.29) is 29.7 Å². The van der Waals surface area contributed by atoms with E-state index in [1.807, 2.05) is 36.2 Å². The van der Waals surface area contributed by atoms with Crippen LogP contribution in [0.2, 0.25) is 0 Å². The number of nitrogen functional groups attached to an aromatic ring is 1. The number of aromatic nitrogens is 4. The molecule has 16 heteroatoms. The molecule has 2 N–H and O–H groups in total. The summed E-state index contributed by atoms with van der Waals surface area (Å²) in [5, 5.41) is 19.5. The molecule has 0 radical (unpaired) electrons. The molecule has 4 aromatic rings. The predicted octanol–water partition coefficient (Wildman–Crippen LogP) is 3.70. The van der Waals surface area contributed by atoms with Gasteiger partial charge in [-0.15, -0.1) is 0 Å². The lowest BCUT2D eigenvalue weighted by Crippen LogP contribution is -2.39. The Morgan fingerprint density at radius 2 is 1.27 bits per heavy atom. The summed E-state index contributed by atoms with van der Waals surface area (Å²) in [6.45, 7) is 3.80. The Morgan fingerprint density at radius 3 is 1.71 bits per heavy atom. The minimum absolute atomic E-state index is 0.0103. The maximum atomic E-state index is 11.8. The summed E-state index contributed by atoms with van der Waals surface area (Å²) in [7, 11) is 6.48. The van der Waals surface area contributed by atoms with Gasteiger partial charge in [-0.25, -0.2) is 0 Å². The quantitative estimate of drug-likeness (QED) is 0.0915. The first-order valence-corrected chi connectivity index (χ1v) is 17.1. The van der Waals surface area contributed by atoms with Crippen LogP contribution in [-0.2, 0) is 33.2 Å². The molecule has 2 aromatic heterocycles. The van der Waals surface area contributed by atoms with Gasteiger partial charge in [0, 0.05) is 68.5 Å². The van der Waals surface area contributed by atoms with Gasteiger partial charge in [-0.2, -0.15) is 10.2 Å². The Balaban J connectivity index is 0.000000202. The van der Waals surface area contributed by atoms with Crippen LogP contribution >= 0.6 is 0 Å². The molecule has 0 amide bonds. The number of aryl methyl sites for hydroxylation is 2. The van der Waals surface area contributed by atoms with Crippen molar-refractivity contribution in [2.45, 2.75) is 37.8 Å². The van der Waals surface area contributed by atoms with Crippen LogP contribution < -0.4 is 15.2 Å². The maximum Gasteiger partial charge on any atom is 0.323 e. The number of nitro groups is 1. The van der Waals surface area contributed by atoms with Gasteiger partial charge in [0.15, 0.2) is 0 Å². The standard InChI is InChI=1S/C18H22N4O5.C18H24N4O3/c1-20-15(7-8-19-20)14-12-13(22(24)25)5-6-17(14)27-11-10-21-9-3-4-16(21)18(23)26-2;1-21-15(7-8-20-21)14-12-13(19)5-6-17(14)25-11-10-22-9-3-4-16(22)18(23)24-2/h5-8,12,16H,3-4,9-11H2,1-2H3;5-8,12,16H,3-4,9-11,19H2,1-2H3. The van der Waals surface area contributed by atoms with Gasteiger partial charge < -0.3 is 24.7 Å². The van der Waals surface area contributed by atoms with E-state index in [4.69, 9.17) is 24.7 Å². The number of benzene rings is 2. The topological polar surface area (TPSA) is 182 Å². The molecule has 2 aromatic carbocycles. The van der Waals surface area contributed by atoms with E-state index >= 15 is 0 Å². The number of ether oxygens (including phenoxy) is 4. The van der Waals surface area contributed by atoms with Crippen molar-refractivity contribution >= 4 is 23.3 Å². The van der Waals surface area contributed by atoms with Gasteiger partial charge >= 0.3 is 11.9 Å². The van der Waals surface area contributed by atoms with Crippen molar-refractivity contribution in [3.63, 3.8) is 0 Å². The van der Waals surface area contributed by atoms with E-state index in [0.29, 0.717) is 43.3 Å². The van der Waals surface area contributed by atoms with Crippen molar-refractivity contribution in [2.75, 3.05) is 59.3 Å². The van der Waals surface area contributed by atoms with E-state index in [0.717, 1.165) is 61.5 Å². The Bertz CT molecular complexity index is 1840. The van der Waals surface area contributed by atoms with Gasteiger partial charge in [-0.05, 0) is 75.2 Å². The van der Waals surface area contributed by atoms with Crippen LogP contribution in [0.3, 0.4) is 0 Å². The summed E-state index contributed by atoms with van der Waals surface area (Å²) in [5.41, 5.74) is 9.78. The summed E-state index contributed by atoms with van der Waals surface area (Å²) in [5.74, 6) is 0.906. The number of non-ortho nitro benzene ring substituents is 1. The smallest absolute Gasteiger partial charge is 0.323 e. The van der Waals surface area contributed by atoms with E-state index in [9.17, 15) is 19.7 Å². The molecule has 0 aliphatic carbocycles. The number of methoxy groups -OCH3 is 2. The first kappa shape index (κ1) is 37.8. The molecule has 52 heavy (non-hydrogen) atoms. The second kappa shape index (κ2) is 17.6. The number of rotatable bonds is 13. The summed E-state index contributed by atoms with van der Waals surface area (Å²) in [4.78, 5) is 38.5. The molecular weight excluding hydrogens is 672 g/mol. The fourth-order valence-corrected chi connectivity index (χ4v) is 6.65. The number of carbonyl (C=O) groups is 2. The molecule has 278 valence electrons. The lowest BCUT2D eigenvalue weighted by molar-refractivity contribution is -0.384. The number of likely N-dealkylation sites (tertiary alicyclic amines) is 2. The number of nitrogens with zero attached hydrogens (tertiary/aromatic N) is 7. The van der Waals surface area contributed by atoms with E-state index in [1.165, 1.54) is 26.4 Å². The van der Waals surface area contributed by atoms with Crippen LogP contribution in [0.4, 0.5) is 11.4 Å². The maximum absolute atomic E-state index is 11.8. The fraction of sp³-hybridized carbons (Fsp3) is 0.444. The number of anilines is 1. The predicted molar refractivity (Wildman–Crippen MR) is 193 cm³/mol. The monoisotopic (exact) mass is 718 g/mol. The molecule has 2 aliphatic heterocycles. The Labute approximate surface area is 302 Å².